The number of aliphatic hydroxyl groups excluding tert-OH is 3. The Kier molecular flexibility index (Phi) is 4.74. The lowest BCUT2D eigenvalue weighted by Gasteiger charge is -2.21. The van der Waals surface area contributed by atoms with Gasteiger partial charge in [0.25, 0.3) is 0 Å². The van der Waals surface area contributed by atoms with Crippen molar-refractivity contribution in [2.24, 2.45) is 0 Å². The number of rotatable bonds is 4. The van der Waals surface area contributed by atoms with Crippen LogP contribution >= 0.6 is 0 Å². The average molecular weight is 430 g/mol. The van der Waals surface area contributed by atoms with E-state index in [9.17, 15) is 24.1 Å². The minimum atomic E-state index is -2.78. The average Bonchev–Trinajstić information content (AvgIpc) is 3.44. The number of fused-ring (bicyclic) bond motifs is 2. The molecule has 1 fully saturated rings. The smallest absolute Gasteiger partial charge is 0.320 e. The summed E-state index contributed by atoms with van der Waals surface area (Å²) in [5.74, 6) is 0. The summed E-state index contributed by atoms with van der Waals surface area (Å²) in [6, 6.07) is 8.12. The second kappa shape index (κ2) is 7.34. The molecule has 31 heavy (non-hydrogen) atoms. The molecule has 4 heterocycles. The maximum absolute atomic E-state index is 13.2. The van der Waals surface area contributed by atoms with Gasteiger partial charge in [-0.15, -0.1) is 0 Å². The zero-order chi connectivity index (χ0) is 21.9. The number of ether oxygens (including phenoxy) is 1. The van der Waals surface area contributed by atoms with Crippen LogP contribution in [0.5, 0.6) is 0 Å². The minimum absolute atomic E-state index is 0.146. The van der Waals surface area contributed by atoms with Crippen molar-refractivity contribution >= 4 is 22.1 Å². The monoisotopic (exact) mass is 430 g/mol. The van der Waals surface area contributed by atoms with Crippen LogP contribution in [0.15, 0.2) is 49.1 Å². The van der Waals surface area contributed by atoms with Gasteiger partial charge < -0.3 is 24.6 Å². The number of benzene rings is 1. The molecule has 1 aliphatic rings. The number of halogens is 2. The summed E-state index contributed by atoms with van der Waals surface area (Å²) in [4.78, 5) is 8.25. The summed E-state index contributed by atoms with van der Waals surface area (Å²) in [5, 5.41) is 33.0. The lowest BCUT2D eigenvalue weighted by Crippen LogP contribution is -2.34. The van der Waals surface area contributed by atoms with Gasteiger partial charge in [-0.2, -0.15) is 8.78 Å². The molecule has 5 rings (SSSR count). The van der Waals surface area contributed by atoms with Gasteiger partial charge in [0.1, 0.15) is 36.4 Å². The summed E-state index contributed by atoms with van der Waals surface area (Å²) < 4.78 is 34.6. The second-order valence-corrected chi connectivity index (χ2v) is 7.68. The van der Waals surface area contributed by atoms with E-state index in [1.165, 1.54) is 18.2 Å². The fourth-order valence-corrected chi connectivity index (χ4v) is 4.15. The highest BCUT2D eigenvalue weighted by Gasteiger charge is 2.47. The summed E-state index contributed by atoms with van der Waals surface area (Å²) in [6.45, 7) is -0.850. The van der Waals surface area contributed by atoms with E-state index in [-0.39, 0.29) is 11.1 Å². The molecule has 0 spiro atoms. The molecule has 0 bridgehead atoms. The van der Waals surface area contributed by atoms with Crippen LogP contribution in [0.2, 0.25) is 0 Å². The predicted molar refractivity (Wildman–Crippen MR) is 106 cm³/mol. The van der Waals surface area contributed by atoms with Crippen LogP contribution in [0, 0.1) is 6.92 Å². The number of hydrogen-bond donors (Lipinski definition) is 3. The van der Waals surface area contributed by atoms with Crippen molar-refractivity contribution in [2.45, 2.75) is 44.1 Å². The Morgan fingerprint density at radius 2 is 1.90 bits per heavy atom. The molecular formula is C21H20F2N4O4. The molecule has 0 radical (unpaired) electrons. The predicted octanol–water partition coefficient (Wildman–Crippen LogP) is 2.44. The number of aryl methyl sites for hydroxylation is 1. The molecule has 1 aliphatic heterocycles. The SMILES string of the molecule is Cc1ccnc2c1ccn2C1OC(C(O)c2ccc3ncn(C(F)F)c3c2)C(O)C1O. The van der Waals surface area contributed by atoms with Gasteiger partial charge in [-0.1, -0.05) is 6.07 Å². The van der Waals surface area contributed by atoms with Crippen molar-refractivity contribution in [3.8, 4) is 0 Å². The van der Waals surface area contributed by atoms with Crippen LogP contribution < -0.4 is 0 Å². The first-order chi connectivity index (χ1) is 14.9. The van der Waals surface area contributed by atoms with Crippen LogP contribution in [0.3, 0.4) is 0 Å². The number of nitrogens with zero attached hydrogens (tertiary/aromatic N) is 4. The van der Waals surface area contributed by atoms with E-state index in [0.717, 1.165) is 17.3 Å². The summed E-state index contributed by atoms with van der Waals surface area (Å²) in [7, 11) is 0. The molecule has 1 aromatic carbocycles. The lowest BCUT2D eigenvalue weighted by molar-refractivity contribution is -0.0848. The molecule has 3 aromatic heterocycles. The van der Waals surface area contributed by atoms with Crippen LogP contribution in [-0.4, -0.2) is 52.7 Å². The van der Waals surface area contributed by atoms with E-state index in [4.69, 9.17) is 4.74 Å². The lowest BCUT2D eigenvalue weighted by atomic mass is 9.99. The van der Waals surface area contributed by atoms with Crippen molar-refractivity contribution in [1.29, 1.82) is 0 Å². The van der Waals surface area contributed by atoms with E-state index in [1.54, 1.807) is 17.0 Å². The Hall–Kier alpha value is -2.92. The molecule has 162 valence electrons. The molecule has 1 saturated heterocycles. The first-order valence-corrected chi connectivity index (χ1v) is 9.73. The maximum Gasteiger partial charge on any atom is 0.320 e. The van der Waals surface area contributed by atoms with Gasteiger partial charge in [-0.25, -0.2) is 9.97 Å². The van der Waals surface area contributed by atoms with E-state index < -0.39 is 37.2 Å². The van der Waals surface area contributed by atoms with E-state index in [2.05, 4.69) is 9.97 Å². The quantitative estimate of drug-likeness (QED) is 0.459. The third kappa shape index (κ3) is 3.10. The Bertz CT molecular complexity index is 1260. The van der Waals surface area contributed by atoms with Gasteiger partial charge in [0.2, 0.25) is 0 Å². The summed E-state index contributed by atoms with van der Waals surface area (Å²) >= 11 is 0. The summed E-state index contributed by atoms with van der Waals surface area (Å²) in [5.41, 5.74) is 2.33. The van der Waals surface area contributed by atoms with Crippen molar-refractivity contribution in [3.63, 3.8) is 0 Å². The van der Waals surface area contributed by atoms with Gasteiger partial charge >= 0.3 is 6.55 Å². The van der Waals surface area contributed by atoms with Crippen LogP contribution in [-0.2, 0) is 4.74 Å². The zero-order valence-electron chi connectivity index (χ0n) is 16.4. The standard InChI is InChI=1S/C21H20F2N4O4/c1-10-4-6-24-19-12(10)5-7-26(19)20-17(30)16(29)18(31-20)15(28)11-2-3-13-14(8-11)27(9-25-13)21(22)23/h2-9,15-18,20-21,28-30H,1H3. The number of pyridine rings is 1. The number of alkyl halides is 2. The van der Waals surface area contributed by atoms with Gasteiger partial charge in [0, 0.05) is 17.8 Å². The normalized spacial score (nSPS) is 25.1. The van der Waals surface area contributed by atoms with Crippen molar-refractivity contribution in [2.75, 3.05) is 0 Å². The maximum atomic E-state index is 13.2. The molecule has 0 amide bonds. The fraction of sp³-hybridized carbons (Fsp3) is 0.333. The number of hydrogen-bond acceptors (Lipinski definition) is 6. The van der Waals surface area contributed by atoms with Crippen molar-refractivity contribution in [1.82, 2.24) is 19.1 Å². The molecule has 5 unspecified atom stereocenters. The molecule has 10 heteroatoms. The van der Waals surface area contributed by atoms with Gasteiger partial charge in [-0.05, 0) is 42.3 Å². The third-order valence-electron chi connectivity index (χ3n) is 5.84. The fourth-order valence-electron chi connectivity index (χ4n) is 4.15. The van der Waals surface area contributed by atoms with Crippen LogP contribution in [0.1, 0.15) is 30.0 Å². The van der Waals surface area contributed by atoms with Gasteiger partial charge in [0.15, 0.2) is 6.23 Å². The Labute approximate surface area is 175 Å². The minimum Gasteiger partial charge on any atom is -0.387 e. The first kappa shape index (κ1) is 20.0. The highest BCUT2D eigenvalue weighted by atomic mass is 19.3. The van der Waals surface area contributed by atoms with Crippen molar-refractivity contribution < 1.29 is 28.8 Å². The Morgan fingerprint density at radius 1 is 1.10 bits per heavy atom. The summed E-state index contributed by atoms with van der Waals surface area (Å²) in [6.07, 6.45) is -1.88. The van der Waals surface area contributed by atoms with Crippen LogP contribution in [0.25, 0.3) is 22.1 Å². The van der Waals surface area contributed by atoms with E-state index in [1.807, 2.05) is 19.1 Å². The molecule has 8 nitrogen and oxygen atoms in total. The zero-order valence-corrected chi connectivity index (χ0v) is 16.4. The Balaban J connectivity index is 1.47. The highest BCUT2D eigenvalue weighted by Crippen LogP contribution is 2.38. The molecular weight excluding hydrogens is 410 g/mol. The highest BCUT2D eigenvalue weighted by molar-refractivity contribution is 5.79. The molecule has 0 aliphatic carbocycles. The number of aliphatic hydroxyl groups is 3. The molecule has 0 saturated carbocycles. The van der Waals surface area contributed by atoms with Crippen molar-refractivity contribution in [3.05, 3.63) is 60.2 Å². The molecule has 5 atom stereocenters. The van der Waals surface area contributed by atoms with Gasteiger partial charge in [-0.3, -0.25) is 4.57 Å². The first-order valence-electron chi connectivity index (χ1n) is 9.73. The van der Waals surface area contributed by atoms with E-state index >= 15 is 0 Å². The molecule has 3 N–H and O–H groups in total. The second-order valence-electron chi connectivity index (χ2n) is 7.68. The topological polar surface area (TPSA) is 106 Å². The largest absolute Gasteiger partial charge is 0.387 e. The van der Waals surface area contributed by atoms with E-state index in [0.29, 0.717) is 15.7 Å². The Morgan fingerprint density at radius 3 is 2.68 bits per heavy atom. The molecule has 4 aromatic rings. The number of aromatic nitrogens is 4. The number of imidazole rings is 1. The van der Waals surface area contributed by atoms with Crippen LogP contribution in [0.4, 0.5) is 8.78 Å². The van der Waals surface area contributed by atoms with Gasteiger partial charge in [0.05, 0.1) is 11.0 Å². The third-order valence-corrected chi connectivity index (χ3v) is 5.84.